The Kier molecular flexibility index (Phi) is 3.89. The van der Waals surface area contributed by atoms with Crippen molar-refractivity contribution < 1.29 is 17.6 Å². The fraction of sp³-hybridized carbons (Fsp3) is 0.0952. The van der Waals surface area contributed by atoms with Crippen LogP contribution < -0.4 is 0 Å². The SMILES string of the molecule is Cc1cccc2c(-c3c(F)cc(F)c4nn(C)c(F)c34)nn(-c3ccc(F)nc3)c12. The lowest BCUT2D eigenvalue weighted by Gasteiger charge is -2.04. The maximum Gasteiger partial charge on any atom is 0.220 e. The van der Waals surface area contributed by atoms with Gasteiger partial charge in [0.1, 0.15) is 17.0 Å². The Labute approximate surface area is 167 Å². The number of aromatic nitrogens is 5. The van der Waals surface area contributed by atoms with Gasteiger partial charge in [0.25, 0.3) is 0 Å². The van der Waals surface area contributed by atoms with Crippen molar-refractivity contribution in [3.8, 4) is 16.9 Å². The molecule has 150 valence electrons. The number of halogens is 4. The number of pyridine rings is 1. The predicted octanol–water partition coefficient (Wildman–Crippen LogP) is 4.84. The third-order valence-corrected chi connectivity index (χ3v) is 5.04. The molecule has 5 rings (SSSR count). The van der Waals surface area contributed by atoms with Crippen molar-refractivity contribution in [2.45, 2.75) is 6.92 Å². The molecular weight excluding hydrogens is 398 g/mol. The fourth-order valence-corrected chi connectivity index (χ4v) is 3.69. The first-order valence-corrected chi connectivity index (χ1v) is 8.97. The average Bonchev–Trinajstić information content (AvgIpc) is 3.23. The molecule has 0 saturated heterocycles. The molecule has 0 atom stereocenters. The second-order valence-electron chi connectivity index (χ2n) is 6.92. The smallest absolute Gasteiger partial charge is 0.220 e. The number of aryl methyl sites for hydroxylation is 2. The summed E-state index contributed by atoms with van der Waals surface area (Å²) in [5.41, 5.74) is 1.49. The van der Waals surface area contributed by atoms with E-state index in [4.69, 9.17) is 0 Å². The van der Waals surface area contributed by atoms with Gasteiger partial charge in [0.05, 0.1) is 28.4 Å². The molecule has 0 spiro atoms. The Morgan fingerprint density at radius 3 is 2.47 bits per heavy atom. The predicted molar refractivity (Wildman–Crippen MR) is 103 cm³/mol. The Morgan fingerprint density at radius 1 is 0.933 bits per heavy atom. The van der Waals surface area contributed by atoms with Gasteiger partial charge in [0, 0.05) is 18.5 Å². The van der Waals surface area contributed by atoms with Crippen LogP contribution in [-0.4, -0.2) is 24.5 Å². The highest BCUT2D eigenvalue weighted by atomic mass is 19.1. The van der Waals surface area contributed by atoms with Crippen molar-refractivity contribution in [2.24, 2.45) is 7.05 Å². The Balaban J connectivity index is 1.92. The molecule has 0 aliphatic rings. The maximum atomic E-state index is 15.0. The number of nitrogens with zero attached hydrogens (tertiary/aromatic N) is 5. The lowest BCUT2D eigenvalue weighted by molar-refractivity contribution is 0.511. The molecule has 0 fully saturated rings. The van der Waals surface area contributed by atoms with E-state index in [1.165, 1.54) is 30.1 Å². The average molecular weight is 411 g/mol. The molecular formula is C21H13F4N5. The molecule has 3 aromatic heterocycles. The van der Waals surface area contributed by atoms with Gasteiger partial charge in [-0.2, -0.15) is 19.0 Å². The zero-order valence-corrected chi connectivity index (χ0v) is 15.8. The highest BCUT2D eigenvalue weighted by Crippen LogP contribution is 2.38. The lowest BCUT2D eigenvalue weighted by atomic mass is 10.0. The third kappa shape index (κ3) is 2.51. The van der Waals surface area contributed by atoms with Crippen molar-refractivity contribution in [1.29, 1.82) is 0 Å². The van der Waals surface area contributed by atoms with Crippen LogP contribution in [0.2, 0.25) is 0 Å². The van der Waals surface area contributed by atoms with Crippen molar-refractivity contribution in [2.75, 3.05) is 0 Å². The van der Waals surface area contributed by atoms with Crippen molar-refractivity contribution >= 4 is 21.8 Å². The molecule has 3 heterocycles. The van der Waals surface area contributed by atoms with E-state index in [-0.39, 0.29) is 22.2 Å². The molecule has 0 aliphatic heterocycles. The van der Waals surface area contributed by atoms with Gasteiger partial charge < -0.3 is 0 Å². The molecule has 0 aliphatic carbocycles. The maximum absolute atomic E-state index is 15.0. The van der Waals surface area contributed by atoms with Gasteiger partial charge >= 0.3 is 0 Å². The van der Waals surface area contributed by atoms with Gasteiger partial charge in [-0.05, 0) is 24.6 Å². The van der Waals surface area contributed by atoms with Crippen LogP contribution >= 0.6 is 0 Å². The van der Waals surface area contributed by atoms with Crippen LogP contribution in [0.15, 0.2) is 42.6 Å². The van der Waals surface area contributed by atoms with E-state index in [0.717, 1.165) is 10.2 Å². The van der Waals surface area contributed by atoms with E-state index in [2.05, 4.69) is 15.2 Å². The van der Waals surface area contributed by atoms with Crippen LogP contribution in [0.3, 0.4) is 0 Å². The van der Waals surface area contributed by atoms with Crippen LogP contribution in [-0.2, 0) is 7.05 Å². The van der Waals surface area contributed by atoms with Crippen molar-refractivity contribution in [3.05, 3.63) is 71.7 Å². The van der Waals surface area contributed by atoms with Crippen LogP contribution in [0.4, 0.5) is 17.6 Å². The summed E-state index contributed by atoms with van der Waals surface area (Å²) in [4.78, 5) is 3.65. The van der Waals surface area contributed by atoms with E-state index in [0.29, 0.717) is 22.7 Å². The summed E-state index contributed by atoms with van der Waals surface area (Å²) < 4.78 is 59.7. The highest BCUT2D eigenvalue weighted by molar-refractivity contribution is 6.04. The van der Waals surface area contributed by atoms with Gasteiger partial charge in [-0.1, -0.05) is 18.2 Å². The number of benzene rings is 2. The summed E-state index contributed by atoms with van der Waals surface area (Å²) in [6, 6.07) is 8.63. The molecule has 9 heteroatoms. The summed E-state index contributed by atoms with van der Waals surface area (Å²) in [5.74, 6) is -3.46. The molecule has 0 unspecified atom stereocenters. The minimum absolute atomic E-state index is 0.118. The number of fused-ring (bicyclic) bond motifs is 2. The molecule has 0 bridgehead atoms. The van der Waals surface area contributed by atoms with E-state index in [1.54, 1.807) is 12.1 Å². The number of hydrogen-bond donors (Lipinski definition) is 0. The molecule has 5 aromatic rings. The molecule has 0 saturated carbocycles. The van der Waals surface area contributed by atoms with Crippen LogP contribution in [0, 0.1) is 30.5 Å². The van der Waals surface area contributed by atoms with Crippen LogP contribution in [0.5, 0.6) is 0 Å². The first kappa shape index (κ1) is 18.3. The summed E-state index contributed by atoms with van der Waals surface area (Å²) in [6.45, 7) is 1.84. The second kappa shape index (κ2) is 6.38. The lowest BCUT2D eigenvalue weighted by Crippen LogP contribution is -1.99. The van der Waals surface area contributed by atoms with Crippen molar-refractivity contribution in [3.63, 3.8) is 0 Å². The van der Waals surface area contributed by atoms with E-state index >= 15 is 0 Å². The molecule has 2 aromatic carbocycles. The zero-order valence-electron chi connectivity index (χ0n) is 15.8. The van der Waals surface area contributed by atoms with Crippen LogP contribution in [0.1, 0.15) is 5.56 Å². The van der Waals surface area contributed by atoms with Gasteiger partial charge in [-0.3, -0.25) is 0 Å². The Morgan fingerprint density at radius 2 is 1.73 bits per heavy atom. The number of hydrogen-bond acceptors (Lipinski definition) is 3. The molecule has 30 heavy (non-hydrogen) atoms. The summed E-state index contributed by atoms with van der Waals surface area (Å²) in [7, 11) is 1.31. The molecule has 0 amide bonds. The van der Waals surface area contributed by atoms with Gasteiger partial charge in [-0.25, -0.2) is 23.1 Å². The summed E-state index contributed by atoms with van der Waals surface area (Å²) in [5, 5.41) is 8.56. The number of rotatable bonds is 2. The Hall–Kier alpha value is -3.75. The van der Waals surface area contributed by atoms with Crippen LogP contribution in [0.25, 0.3) is 38.8 Å². The molecule has 5 nitrogen and oxygen atoms in total. The van der Waals surface area contributed by atoms with Gasteiger partial charge in [0.15, 0.2) is 5.82 Å². The molecule has 0 radical (unpaired) electrons. The topological polar surface area (TPSA) is 48.5 Å². The highest BCUT2D eigenvalue weighted by Gasteiger charge is 2.26. The first-order valence-electron chi connectivity index (χ1n) is 8.97. The quantitative estimate of drug-likeness (QED) is 0.309. The van der Waals surface area contributed by atoms with E-state index < -0.39 is 23.5 Å². The summed E-state index contributed by atoms with van der Waals surface area (Å²) >= 11 is 0. The standard InChI is InChI=1S/C21H13F4N5/c1-10-4-3-5-12-18(28-30(20(10)12)11-6-7-15(24)26-9-11)16-13(22)8-14(23)19-17(16)21(25)29(2)27-19/h3-9H,1-2H3. The van der Waals surface area contributed by atoms with Gasteiger partial charge in [0.2, 0.25) is 11.9 Å². The minimum Gasteiger partial charge on any atom is -0.241 e. The fourth-order valence-electron chi connectivity index (χ4n) is 3.69. The first-order chi connectivity index (χ1) is 14.4. The van der Waals surface area contributed by atoms with Crippen molar-refractivity contribution in [1.82, 2.24) is 24.5 Å². The monoisotopic (exact) mass is 411 g/mol. The third-order valence-electron chi connectivity index (χ3n) is 5.04. The largest absolute Gasteiger partial charge is 0.241 e. The Bertz CT molecular complexity index is 1450. The molecule has 0 N–H and O–H groups in total. The van der Waals surface area contributed by atoms with E-state index in [1.807, 2.05) is 13.0 Å². The zero-order chi connectivity index (χ0) is 21.2. The second-order valence-corrected chi connectivity index (χ2v) is 6.92. The number of para-hydroxylation sites is 1. The van der Waals surface area contributed by atoms with Gasteiger partial charge in [-0.15, -0.1) is 0 Å². The normalized spacial score (nSPS) is 11.7. The summed E-state index contributed by atoms with van der Waals surface area (Å²) in [6.07, 6.45) is 1.29. The minimum atomic E-state index is -0.964. The van der Waals surface area contributed by atoms with E-state index in [9.17, 15) is 17.6 Å².